The molecule has 1 aromatic rings. The van der Waals surface area contributed by atoms with Crippen molar-refractivity contribution in [1.29, 1.82) is 0 Å². The SMILES string of the molecule is CCCCOc1ccc(CCNC(=O)C(N)CCC)cc1.Cl. The van der Waals surface area contributed by atoms with Crippen molar-refractivity contribution < 1.29 is 9.53 Å². The number of rotatable bonds is 10. The van der Waals surface area contributed by atoms with E-state index in [9.17, 15) is 4.79 Å². The molecular formula is C17H29ClN2O2. The molecule has 5 heteroatoms. The van der Waals surface area contributed by atoms with E-state index in [1.807, 2.05) is 31.2 Å². The van der Waals surface area contributed by atoms with Crippen molar-refractivity contribution >= 4 is 18.3 Å². The summed E-state index contributed by atoms with van der Waals surface area (Å²) in [4.78, 5) is 11.7. The Morgan fingerprint density at radius 1 is 1.23 bits per heavy atom. The highest BCUT2D eigenvalue weighted by atomic mass is 35.5. The summed E-state index contributed by atoms with van der Waals surface area (Å²) in [5.41, 5.74) is 6.94. The van der Waals surface area contributed by atoms with Crippen LogP contribution in [-0.4, -0.2) is 25.1 Å². The van der Waals surface area contributed by atoms with Gasteiger partial charge < -0.3 is 15.8 Å². The maximum atomic E-state index is 11.7. The number of amides is 1. The van der Waals surface area contributed by atoms with Crippen molar-refractivity contribution in [3.63, 3.8) is 0 Å². The lowest BCUT2D eigenvalue weighted by Gasteiger charge is -2.11. The van der Waals surface area contributed by atoms with Crippen molar-refractivity contribution in [2.75, 3.05) is 13.2 Å². The van der Waals surface area contributed by atoms with Crippen molar-refractivity contribution in [3.05, 3.63) is 29.8 Å². The first-order valence-electron chi connectivity index (χ1n) is 7.92. The van der Waals surface area contributed by atoms with Gasteiger partial charge in [-0.2, -0.15) is 0 Å². The lowest BCUT2D eigenvalue weighted by Crippen LogP contribution is -2.41. The lowest BCUT2D eigenvalue weighted by molar-refractivity contribution is -0.122. The maximum absolute atomic E-state index is 11.7. The van der Waals surface area contributed by atoms with Crippen LogP contribution >= 0.6 is 12.4 Å². The van der Waals surface area contributed by atoms with E-state index in [1.54, 1.807) is 0 Å². The molecule has 0 radical (unpaired) electrons. The van der Waals surface area contributed by atoms with Crippen molar-refractivity contribution in [2.24, 2.45) is 5.73 Å². The maximum Gasteiger partial charge on any atom is 0.236 e. The summed E-state index contributed by atoms with van der Waals surface area (Å²) in [6.45, 7) is 5.55. The minimum absolute atomic E-state index is 0. The highest BCUT2D eigenvalue weighted by Gasteiger charge is 2.10. The van der Waals surface area contributed by atoms with Gasteiger partial charge in [-0.05, 0) is 37.0 Å². The zero-order valence-electron chi connectivity index (χ0n) is 13.6. The van der Waals surface area contributed by atoms with Crippen LogP contribution in [-0.2, 0) is 11.2 Å². The number of halogens is 1. The van der Waals surface area contributed by atoms with Crippen molar-refractivity contribution in [2.45, 2.75) is 52.0 Å². The number of carbonyl (C=O) groups is 1. The van der Waals surface area contributed by atoms with Gasteiger partial charge in [-0.3, -0.25) is 4.79 Å². The van der Waals surface area contributed by atoms with Gasteiger partial charge in [0, 0.05) is 6.54 Å². The molecule has 0 aliphatic heterocycles. The van der Waals surface area contributed by atoms with Crippen LogP contribution in [0.4, 0.5) is 0 Å². The molecule has 0 bridgehead atoms. The Hall–Kier alpha value is -1.26. The molecule has 0 heterocycles. The molecule has 0 aromatic heterocycles. The predicted octanol–water partition coefficient (Wildman–Crippen LogP) is 3.07. The Labute approximate surface area is 140 Å². The number of unbranched alkanes of at least 4 members (excludes halogenated alkanes) is 1. The number of hydrogen-bond acceptors (Lipinski definition) is 3. The molecule has 1 amide bonds. The molecule has 3 N–H and O–H groups in total. The monoisotopic (exact) mass is 328 g/mol. The largest absolute Gasteiger partial charge is 0.494 e. The van der Waals surface area contributed by atoms with E-state index in [1.165, 1.54) is 5.56 Å². The number of carbonyl (C=O) groups excluding carboxylic acids is 1. The van der Waals surface area contributed by atoms with Crippen LogP contribution in [0.2, 0.25) is 0 Å². The van der Waals surface area contributed by atoms with E-state index in [0.29, 0.717) is 6.54 Å². The van der Waals surface area contributed by atoms with E-state index in [2.05, 4.69) is 12.2 Å². The van der Waals surface area contributed by atoms with Gasteiger partial charge in [-0.1, -0.05) is 38.8 Å². The molecule has 0 saturated carbocycles. The Kier molecular flexibility index (Phi) is 11.6. The highest BCUT2D eigenvalue weighted by Crippen LogP contribution is 2.12. The average Bonchev–Trinajstić information content (AvgIpc) is 2.49. The minimum atomic E-state index is -0.385. The van der Waals surface area contributed by atoms with Gasteiger partial charge in [0.1, 0.15) is 5.75 Å². The van der Waals surface area contributed by atoms with Crippen LogP contribution in [0.5, 0.6) is 5.75 Å². The third-order valence-electron chi connectivity index (χ3n) is 3.34. The van der Waals surface area contributed by atoms with Crippen LogP contribution < -0.4 is 15.8 Å². The summed E-state index contributed by atoms with van der Waals surface area (Å²) >= 11 is 0. The van der Waals surface area contributed by atoms with Gasteiger partial charge in [0.15, 0.2) is 0 Å². The molecule has 1 atom stereocenters. The normalized spacial score (nSPS) is 11.4. The quantitative estimate of drug-likeness (QED) is 0.649. The first-order valence-corrected chi connectivity index (χ1v) is 7.92. The molecule has 126 valence electrons. The zero-order chi connectivity index (χ0) is 15.5. The Balaban J connectivity index is 0.00000441. The Bertz CT molecular complexity index is 410. The van der Waals surface area contributed by atoms with Crippen LogP contribution in [0.1, 0.15) is 45.1 Å². The van der Waals surface area contributed by atoms with Crippen molar-refractivity contribution in [1.82, 2.24) is 5.32 Å². The molecule has 0 spiro atoms. The molecule has 22 heavy (non-hydrogen) atoms. The van der Waals surface area contributed by atoms with Gasteiger partial charge in [-0.15, -0.1) is 12.4 Å². The molecule has 4 nitrogen and oxygen atoms in total. The summed E-state index contributed by atoms with van der Waals surface area (Å²) in [7, 11) is 0. The predicted molar refractivity (Wildman–Crippen MR) is 93.7 cm³/mol. The molecule has 0 aliphatic rings. The van der Waals surface area contributed by atoms with Gasteiger partial charge in [-0.25, -0.2) is 0 Å². The van der Waals surface area contributed by atoms with Crippen LogP contribution in [0.15, 0.2) is 24.3 Å². The molecule has 1 rings (SSSR count). The van der Waals surface area contributed by atoms with E-state index in [0.717, 1.165) is 44.5 Å². The van der Waals surface area contributed by atoms with Crippen LogP contribution in [0, 0.1) is 0 Å². The van der Waals surface area contributed by atoms with E-state index < -0.39 is 0 Å². The van der Waals surface area contributed by atoms with E-state index in [4.69, 9.17) is 10.5 Å². The smallest absolute Gasteiger partial charge is 0.236 e. The summed E-state index contributed by atoms with van der Waals surface area (Å²) in [5.74, 6) is 0.845. The van der Waals surface area contributed by atoms with Crippen LogP contribution in [0.3, 0.4) is 0 Å². The molecular weight excluding hydrogens is 300 g/mol. The first kappa shape index (κ1) is 20.7. The summed E-state index contributed by atoms with van der Waals surface area (Å²) < 4.78 is 5.62. The summed E-state index contributed by atoms with van der Waals surface area (Å²) in [6.07, 6.45) is 4.67. The topological polar surface area (TPSA) is 64.3 Å². The van der Waals surface area contributed by atoms with E-state index >= 15 is 0 Å². The molecule has 1 aromatic carbocycles. The summed E-state index contributed by atoms with van der Waals surface area (Å²) in [5, 5.41) is 2.88. The third kappa shape index (κ3) is 8.25. The zero-order valence-corrected chi connectivity index (χ0v) is 14.5. The highest BCUT2D eigenvalue weighted by molar-refractivity contribution is 5.85. The number of nitrogens with two attached hydrogens (primary N) is 1. The molecule has 0 aliphatic carbocycles. The fourth-order valence-electron chi connectivity index (χ4n) is 1.99. The third-order valence-corrected chi connectivity index (χ3v) is 3.34. The van der Waals surface area contributed by atoms with Gasteiger partial charge in [0.05, 0.1) is 12.6 Å². The van der Waals surface area contributed by atoms with Gasteiger partial charge in [0.2, 0.25) is 5.91 Å². The second-order valence-corrected chi connectivity index (χ2v) is 5.28. The number of nitrogens with one attached hydrogen (secondary N) is 1. The molecule has 1 unspecified atom stereocenters. The fraction of sp³-hybridized carbons (Fsp3) is 0.588. The fourth-order valence-corrected chi connectivity index (χ4v) is 1.99. The lowest BCUT2D eigenvalue weighted by atomic mass is 10.1. The number of hydrogen-bond donors (Lipinski definition) is 2. The van der Waals surface area contributed by atoms with Crippen LogP contribution in [0.25, 0.3) is 0 Å². The second-order valence-electron chi connectivity index (χ2n) is 5.28. The second kappa shape index (κ2) is 12.3. The van der Waals surface area contributed by atoms with E-state index in [-0.39, 0.29) is 24.4 Å². The first-order chi connectivity index (χ1) is 10.2. The minimum Gasteiger partial charge on any atom is -0.494 e. The Morgan fingerprint density at radius 2 is 1.91 bits per heavy atom. The molecule has 0 fully saturated rings. The average molecular weight is 329 g/mol. The number of benzene rings is 1. The Morgan fingerprint density at radius 3 is 2.50 bits per heavy atom. The van der Waals surface area contributed by atoms with Gasteiger partial charge >= 0.3 is 0 Å². The standard InChI is InChI=1S/C17H28N2O2.ClH/c1-3-5-13-21-15-9-7-14(8-10-15)11-12-19-17(20)16(18)6-4-2;/h7-10,16H,3-6,11-13,18H2,1-2H3,(H,19,20);1H. The van der Waals surface area contributed by atoms with Gasteiger partial charge in [0.25, 0.3) is 0 Å². The number of ether oxygens (including phenoxy) is 1. The summed E-state index contributed by atoms with van der Waals surface area (Å²) in [6, 6.07) is 7.66. The molecule has 0 saturated heterocycles. The van der Waals surface area contributed by atoms with Crippen molar-refractivity contribution in [3.8, 4) is 5.75 Å².